The van der Waals surface area contributed by atoms with Gasteiger partial charge in [-0.2, -0.15) is 0 Å². The number of aromatic hydroxyl groups is 1. The van der Waals surface area contributed by atoms with Crippen molar-refractivity contribution < 1.29 is 43.8 Å². The van der Waals surface area contributed by atoms with Crippen LogP contribution in [0.15, 0.2) is 64.6 Å². The topological polar surface area (TPSA) is 378 Å². The molecule has 7 atom stereocenters. The molecule has 0 radical (unpaired) electrons. The molecule has 66 heavy (non-hydrogen) atoms. The van der Waals surface area contributed by atoms with Crippen LogP contribution in [0, 0.1) is 5.92 Å². The first-order valence-electron chi connectivity index (χ1n) is 22.0. The van der Waals surface area contributed by atoms with Gasteiger partial charge in [-0.3, -0.25) is 38.8 Å². The smallest absolute Gasteiger partial charge is 0.326 e. The van der Waals surface area contributed by atoms with Gasteiger partial charge in [0.05, 0.1) is 6.04 Å². The summed E-state index contributed by atoms with van der Waals surface area (Å²) in [5.74, 6) is -5.94. The molecule has 22 nitrogen and oxygen atoms in total. The molecule has 0 aromatic heterocycles. The Morgan fingerprint density at radius 3 is 1.67 bits per heavy atom. The highest BCUT2D eigenvalue weighted by molar-refractivity contribution is 5.97. The molecule has 0 spiro atoms. The molecule has 1 saturated heterocycles. The second-order valence-corrected chi connectivity index (χ2v) is 16.7. The number of likely N-dealkylation sites (tertiary alicyclic amines) is 1. The van der Waals surface area contributed by atoms with Crippen LogP contribution >= 0.6 is 0 Å². The molecule has 1 aliphatic rings. The molecule has 0 bridgehead atoms. The molecular weight excluding hydrogens is 855 g/mol. The molecule has 1 heterocycles. The molecule has 2 aromatic rings. The molecular formula is C44H67N13O9. The average molecular weight is 922 g/mol. The van der Waals surface area contributed by atoms with Gasteiger partial charge in [-0.15, -0.1) is 0 Å². The lowest BCUT2D eigenvalue weighted by molar-refractivity contribution is -0.142. The maximum absolute atomic E-state index is 14.3. The van der Waals surface area contributed by atoms with E-state index in [1.807, 2.05) is 13.8 Å². The number of benzene rings is 2. The van der Waals surface area contributed by atoms with Gasteiger partial charge in [0.25, 0.3) is 0 Å². The summed E-state index contributed by atoms with van der Waals surface area (Å²) in [6.45, 7) is 5.69. The van der Waals surface area contributed by atoms with E-state index in [1.165, 1.54) is 36.1 Å². The third-order valence-electron chi connectivity index (χ3n) is 10.6. The number of nitrogens with two attached hydrogens (primary N) is 5. The number of hydrogen-bond acceptors (Lipinski definition) is 11. The number of phenols is 1. The van der Waals surface area contributed by atoms with Crippen LogP contribution in [0.2, 0.25) is 0 Å². The second-order valence-electron chi connectivity index (χ2n) is 16.7. The first kappa shape index (κ1) is 53.4. The zero-order valence-corrected chi connectivity index (χ0v) is 37.8. The Bertz CT molecular complexity index is 2010. The Hall–Kier alpha value is -6.97. The summed E-state index contributed by atoms with van der Waals surface area (Å²) in [6, 6.07) is 6.32. The fourth-order valence-corrected chi connectivity index (χ4v) is 7.30. The van der Waals surface area contributed by atoms with Crippen molar-refractivity contribution in [1.82, 2.24) is 31.5 Å². The number of nitrogens with zero attached hydrogens (tertiary/aromatic N) is 3. The zero-order valence-electron chi connectivity index (χ0n) is 37.8. The number of phenolic OH excluding ortho intramolecular Hbond substituents is 1. The van der Waals surface area contributed by atoms with Gasteiger partial charge in [-0.25, -0.2) is 4.79 Å². The number of nitrogens with one attached hydrogen (secondary N) is 5. The van der Waals surface area contributed by atoms with Gasteiger partial charge >= 0.3 is 5.97 Å². The minimum Gasteiger partial charge on any atom is -0.508 e. The van der Waals surface area contributed by atoms with Crippen molar-refractivity contribution in [2.45, 2.75) is 121 Å². The average Bonchev–Trinajstić information content (AvgIpc) is 3.75. The molecule has 0 saturated carbocycles. The van der Waals surface area contributed by atoms with Crippen LogP contribution < -0.4 is 55.3 Å². The number of rotatable bonds is 26. The van der Waals surface area contributed by atoms with Crippen molar-refractivity contribution in [3.8, 4) is 5.75 Å². The van der Waals surface area contributed by atoms with Gasteiger partial charge in [-0.1, -0.05) is 56.3 Å². The largest absolute Gasteiger partial charge is 0.508 e. The van der Waals surface area contributed by atoms with Crippen molar-refractivity contribution in [1.29, 1.82) is 0 Å². The number of amides is 6. The number of carbonyl (C=O) groups excluding carboxylic acids is 6. The third-order valence-corrected chi connectivity index (χ3v) is 10.6. The molecule has 6 amide bonds. The lowest BCUT2D eigenvalue weighted by Crippen LogP contribution is -2.60. The highest BCUT2D eigenvalue weighted by Gasteiger charge is 2.38. The first-order chi connectivity index (χ1) is 31.2. The lowest BCUT2D eigenvalue weighted by Gasteiger charge is -2.29. The van der Waals surface area contributed by atoms with Crippen LogP contribution in [0.5, 0.6) is 5.75 Å². The SMILES string of the molecule is CC(C)C[C@H](NC(=O)[C@H](CCCN=C(N)N)NC(=O)[C@@H]1CCCN1C(=O)[C@H](C)N)C(=O)N[C@H](CCCN=C(N)N)C(=O)N[C@@H](Cc1ccccc1)C(=O)N[C@@H](Cc1ccc(O)cc1)C(=O)O. The number of aliphatic imine (C=N–C) groups is 2. The summed E-state index contributed by atoms with van der Waals surface area (Å²) in [5, 5.41) is 33.2. The molecule has 0 aliphatic carbocycles. The van der Waals surface area contributed by atoms with Crippen LogP contribution in [0.25, 0.3) is 0 Å². The highest BCUT2D eigenvalue weighted by atomic mass is 16.4. The maximum atomic E-state index is 14.3. The van der Waals surface area contributed by atoms with E-state index in [-0.39, 0.29) is 81.6 Å². The molecule has 1 fully saturated rings. The van der Waals surface area contributed by atoms with Gasteiger partial charge in [0.2, 0.25) is 35.4 Å². The standard InChI is InChI=1S/C44H67N13O9/c1-25(2)22-32(54-37(60)31(13-8-20-51-44(48)49)53-40(63)35-14-9-21-57(35)41(64)26(3)45)38(61)52-30(12-7-19-50-43(46)47)36(59)55-33(23-27-10-5-4-6-11-27)39(62)56-34(42(65)66)24-28-15-17-29(58)18-16-28/h4-6,10-11,15-18,25-26,30-35,58H,7-9,12-14,19-24,45H2,1-3H3,(H,52,61)(H,53,63)(H,54,60)(H,55,59)(H,56,62)(H,65,66)(H4,46,47,50)(H4,48,49,51)/t26-,30+,31-,32-,33-,34-,35-/m0/s1. The quantitative estimate of drug-likeness (QED) is 0.0281. The molecule has 2 aromatic carbocycles. The van der Waals surface area contributed by atoms with Crippen molar-refractivity contribution >= 4 is 53.3 Å². The number of aliphatic carboxylic acids is 1. The van der Waals surface area contributed by atoms with Crippen molar-refractivity contribution in [2.24, 2.45) is 44.6 Å². The van der Waals surface area contributed by atoms with Crippen LogP contribution in [0.1, 0.15) is 76.8 Å². The van der Waals surface area contributed by atoms with E-state index >= 15 is 0 Å². The first-order valence-corrected chi connectivity index (χ1v) is 22.0. The minimum atomic E-state index is -1.41. The number of hydrogen-bond donors (Lipinski definition) is 12. The molecule has 17 N–H and O–H groups in total. The normalized spacial score (nSPS) is 16.0. The molecule has 22 heteroatoms. The van der Waals surface area contributed by atoms with Crippen molar-refractivity contribution in [2.75, 3.05) is 19.6 Å². The summed E-state index contributed by atoms with van der Waals surface area (Å²) < 4.78 is 0. The number of guanidine groups is 2. The molecule has 0 unspecified atom stereocenters. The maximum Gasteiger partial charge on any atom is 0.326 e. The number of carbonyl (C=O) groups is 7. The summed E-state index contributed by atoms with van der Waals surface area (Å²) in [5.41, 5.74) is 29.0. The molecule has 362 valence electrons. The van der Waals surface area contributed by atoms with Gasteiger partial charge in [0, 0.05) is 32.5 Å². The van der Waals surface area contributed by atoms with Gasteiger partial charge in [0.1, 0.15) is 42.0 Å². The predicted molar refractivity (Wildman–Crippen MR) is 247 cm³/mol. The van der Waals surface area contributed by atoms with Crippen LogP contribution in [0.4, 0.5) is 0 Å². The highest BCUT2D eigenvalue weighted by Crippen LogP contribution is 2.19. The summed E-state index contributed by atoms with van der Waals surface area (Å²) in [6.07, 6.45) is 1.28. The van der Waals surface area contributed by atoms with Crippen molar-refractivity contribution in [3.63, 3.8) is 0 Å². The van der Waals surface area contributed by atoms with E-state index in [0.717, 1.165) is 0 Å². The Morgan fingerprint density at radius 2 is 1.14 bits per heavy atom. The fraction of sp³-hybridized carbons (Fsp3) is 0.523. The van der Waals surface area contributed by atoms with E-state index in [4.69, 9.17) is 28.7 Å². The predicted octanol–water partition coefficient (Wildman–Crippen LogP) is -1.82. The van der Waals surface area contributed by atoms with E-state index in [0.29, 0.717) is 30.5 Å². The zero-order chi connectivity index (χ0) is 48.9. The summed E-state index contributed by atoms with van der Waals surface area (Å²) >= 11 is 0. The summed E-state index contributed by atoms with van der Waals surface area (Å²) in [4.78, 5) is 105. The number of carboxylic acids is 1. The minimum absolute atomic E-state index is 0.0220. The lowest BCUT2D eigenvalue weighted by atomic mass is 10.00. The summed E-state index contributed by atoms with van der Waals surface area (Å²) in [7, 11) is 0. The van der Waals surface area contributed by atoms with E-state index < -0.39 is 83.7 Å². The van der Waals surface area contributed by atoms with E-state index in [2.05, 4.69) is 36.6 Å². The second kappa shape index (κ2) is 26.7. The Labute approximate surface area is 384 Å². The Balaban J connectivity index is 1.90. The van der Waals surface area contributed by atoms with Crippen molar-refractivity contribution in [3.05, 3.63) is 65.7 Å². The van der Waals surface area contributed by atoms with Crippen LogP contribution in [-0.2, 0) is 46.4 Å². The fourth-order valence-electron chi connectivity index (χ4n) is 7.30. The third kappa shape index (κ3) is 18.3. The Kier molecular flexibility index (Phi) is 21.6. The monoisotopic (exact) mass is 922 g/mol. The number of carboxylic acid groups (broad SMARTS) is 1. The Morgan fingerprint density at radius 1 is 0.667 bits per heavy atom. The van der Waals surface area contributed by atoms with E-state index in [9.17, 15) is 43.8 Å². The van der Waals surface area contributed by atoms with E-state index in [1.54, 1.807) is 30.3 Å². The van der Waals surface area contributed by atoms with Gasteiger partial charge < -0.3 is 70.4 Å². The van der Waals surface area contributed by atoms with Gasteiger partial charge in [0.15, 0.2) is 11.9 Å². The van der Waals surface area contributed by atoms with Crippen LogP contribution in [-0.4, -0.2) is 130 Å². The molecule has 1 aliphatic heterocycles. The van der Waals surface area contributed by atoms with Crippen LogP contribution in [0.3, 0.4) is 0 Å². The van der Waals surface area contributed by atoms with Gasteiger partial charge in [-0.05, 0) is 81.0 Å². The molecule has 3 rings (SSSR count).